The van der Waals surface area contributed by atoms with Gasteiger partial charge in [-0.05, 0) is 35.8 Å². The highest BCUT2D eigenvalue weighted by molar-refractivity contribution is 6.31. The minimum atomic E-state index is 0.775. The molecule has 0 radical (unpaired) electrons. The van der Waals surface area contributed by atoms with Crippen molar-refractivity contribution in [2.24, 2.45) is 0 Å². The number of rotatable bonds is 4. The molecule has 0 saturated carbocycles. The van der Waals surface area contributed by atoms with Crippen molar-refractivity contribution in [3.05, 3.63) is 71.3 Å². The topological polar surface area (TPSA) is 12.0 Å². The van der Waals surface area contributed by atoms with E-state index < -0.39 is 0 Å². The number of para-hydroxylation sites is 1. The van der Waals surface area contributed by atoms with Crippen LogP contribution in [-0.2, 0) is 0 Å². The molecule has 1 aromatic rings. The van der Waals surface area contributed by atoms with Gasteiger partial charge in [0, 0.05) is 17.3 Å². The van der Waals surface area contributed by atoms with Gasteiger partial charge in [-0.25, -0.2) is 0 Å². The molecule has 0 amide bonds. The second-order valence-electron chi connectivity index (χ2n) is 4.13. The van der Waals surface area contributed by atoms with Crippen LogP contribution in [0.4, 0.5) is 5.69 Å². The van der Waals surface area contributed by atoms with Crippen molar-refractivity contribution in [3.63, 3.8) is 0 Å². The summed E-state index contributed by atoms with van der Waals surface area (Å²) in [6, 6.07) is 8.15. The smallest absolute Gasteiger partial charge is 0.0416 e. The lowest BCUT2D eigenvalue weighted by Crippen LogP contribution is -2.05. The van der Waals surface area contributed by atoms with Crippen LogP contribution < -0.4 is 5.32 Å². The van der Waals surface area contributed by atoms with Crippen LogP contribution in [0.15, 0.2) is 65.8 Å². The molecule has 1 aliphatic rings. The first-order valence-electron chi connectivity index (χ1n) is 5.96. The maximum absolute atomic E-state index is 5.95. The van der Waals surface area contributed by atoms with E-state index in [1.165, 1.54) is 5.57 Å². The summed E-state index contributed by atoms with van der Waals surface area (Å²) in [6.07, 6.45) is 10.8. The Hall–Kier alpha value is -1.73. The number of anilines is 1. The van der Waals surface area contributed by atoms with Crippen molar-refractivity contribution in [3.8, 4) is 0 Å². The molecule has 0 aromatic heterocycles. The molecule has 0 bridgehead atoms. The van der Waals surface area contributed by atoms with Crippen molar-refractivity contribution in [1.29, 1.82) is 0 Å². The van der Waals surface area contributed by atoms with E-state index in [2.05, 4.69) is 30.1 Å². The van der Waals surface area contributed by atoms with Gasteiger partial charge in [0.15, 0.2) is 0 Å². The second kappa shape index (κ2) is 6.27. The van der Waals surface area contributed by atoms with Gasteiger partial charge in [-0.3, -0.25) is 0 Å². The lowest BCUT2D eigenvalue weighted by Gasteiger charge is -2.10. The third-order valence-corrected chi connectivity index (χ3v) is 3.07. The standard InChI is InChI=1S/C16H16ClN/c1-2-14-7-3-4-9-16(14)18-12-13-6-5-8-15(17)11-10-13/h2-5,7-11,18H,1,6,12H2. The minimum Gasteiger partial charge on any atom is -0.381 e. The minimum absolute atomic E-state index is 0.775. The molecule has 0 saturated heterocycles. The normalized spacial score (nSPS) is 14.5. The van der Waals surface area contributed by atoms with Crippen molar-refractivity contribution < 1.29 is 0 Å². The van der Waals surface area contributed by atoms with Crippen LogP contribution in [0.5, 0.6) is 0 Å². The quantitative estimate of drug-likeness (QED) is 0.821. The first-order valence-corrected chi connectivity index (χ1v) is 6.34. The SMILES string of the molecule is C=Cc1ccccc1NCC1=CC=C(Cl)C=CC1. The third kappa shape index (κ3) is 3.38. The summed E-state index contributed by atoms with van der Waals surface area (Å²) in [5, 5.41) is 4.21. The maximum atomic E-state index is 5.95. The summed E-state index contributed by atoms with van der Waals surface area (Å²) in [4.78, 5) is 0. The van der Waals surface area contributed by atoms with Crippen LogP contribution in [0.25, 0.3) is 6.08 Å². The van der Waals surface area contributed by atoms with E-state index in [0.29, 0.717) is 0 Å². The molecule has 0 unspecified atom stereocenters. The lowest BCUT2D eigenvalue weighted by atomic mass is 10.1. The summed E-state index contributed by atoms with van der Waals surface area (Å²) >= 11 is 5.95. The molecular weight excluding hydrogens is 242 g/mol. The highest BCUT2D eigenvalue weighted by Crippen LogP contribution is 2.18. The van der Waals surface area contributed by atoms with E-state index in [4.69, 9.17) is 11.6 Å². The number of benzene rings is 1. The van der Waals surface area contributed by atoms with Crippen LogP contribution in [-0.4, -0.2) is 6.54 Å². The zero-order chi connectivity index (χ0) is 12.8. The number of allylic oxidation sites excluding steroid dienone is 5. The van der Waals surface area contributed by atoms with E-state index >= 15 is 0 Å². The highest BCUT2D eigenvalue weighted by atomic mass is 35.5. The number of hydrogen-bond donors (Lipinski definition) is 1. The van der Waals surface area contributed by atoms with Crippen molar-refractivity contribution in [1.82, 2.24) is 0 Å². The third-order valence-electron chi connectivity index (χ3n) is 2.82. The Kier molecular flexibility index (Phi) is 4.43. The molecular formula is C16H16ClN. The first kappa shape index (κ1) is 12.7. The molecule has 0 spiro atoms. The molecule has 1 nitrogen and oxygen atoms in total. The van der Waals surface area contributed by atoms with E-state index in [-0.39, 0.29) is 0 Å². The number of halogens is 1. The molecule has 0 fully saturated rings. The molecule has 1 aromatic carbocycles. The Bertz CT molecular complexity index is 524. The fourth-order valence-corrected chi connectivity index (χ4v) is 1.97. The van der Waals surface area contributed by atoms with Gasteiger partial charge in [-0.15, -0.1) is 0 Å². The van der Waals surface area contributed by atoms with E-state index in [1.807, 2.05) is 36.4 Å². The molecule has 0 heterocycles. The molecule has 1 aliphatic carbocycles. The zero-order valence-electron chi connectivity index (χ0n) is 10.2. The summed E-state index contributed by atoms with van der Waals surface area (Å²) in [5.74, 6) is 0. The summed E-state index contributed by atoms with van der Waals surface area (Å²) < 4.78 is 0. The Morgan fingerprint density at radius 2 is 2.11 bits per heavy atom. The van der Waals surface area contributed by atoms with Crippen LogP contribution in [0.3, 0.4) is 0 Å². The van der Waals surface area contributed by atoms with E-state index in [0.717, 1.165) is 29.2 Å². The maximum Gasteiger partial charge on any atom is 0.0416 e. The molecule has 92 valence electrons. The van der Waals surface area contributed by atoms with Crippen LogP contribution >= 0.6 is 11.6 Å². The van der Waals surface area contributed by atoms with E-state index in [9.17, 15) is 0 Å². The lowest BCUT2D eigenvalue weighted by molar-refractivity contribution is 1.12. The number of nitrogens with one attached hydrogen (secondary N) is 1. The van der Waals surface area contributed by atoms with Gasteiger partial charge in [-0.1, -0.05) is 54.6 Å². The molecule has 2 rings (SSSR count). The number of hydrogen-bond acceptors (Lipinski definition) is 1. The first-order chi connectivity index (χ1) is 8.79. The second-order valence-corrected chi connectivity index (χ2v) is 4.56. The van der Waals surface area contributed by atoms with Gasteiger partial charge >= 0.3 is 0 Å². The predicted molar refractivity (Wildman–Crippen MR) is 80.8 cm³/mol. The molecule has 2 heteroatoms. The largest absolute Gasteiger partial charge is 0.381 e. The van der Waals surface area contributed by atoms with Gasteiger partial charge in [0.1, 0.15) is 0 Å². The highest BCUT2D eigenvalue weighted by Gasteiger charge is 2.01. The fourth-order valence-electron chi connectivity index (χ4n) is 1.82. The van der Waals surface area contributed by atoms with Gasteiger partial charge in [0.2, 0.25) is 0 Å². The fraction of sp³-hybridized carbons (Fsp3) is 0.125. The molecule has 0 atom stereocenters. The summed E-state index contributed by atoms with van der Waals surface area (Å²) in [6.45, 7) is 4.63. The van der Waals surface area contributed by atoms with E-state index in [1.54, 1.807) is 0 Å². The van der Waals surface area contributed by atoms with Gasteiger partial charge in [0.25, 0.3) is 0 Å². The van der Waals surface area contributed by atoms with Crippen molar-refractivity contribution in [2.75, 3.05) is 11.9 Å². The predicted octanol–water partition coefficient (Wildman–Crippen LogP) is 4.75. The summed E-state index contributed by atoms with van der Waals surface area (Å²) in [5.41, 5.74) is 3.54. The van der Waals surface area contributed by atoms with Gasteiger partial charge < -0.3 is 5.32 Å². The molecule has 0 aliphatic heterocycles. The van der Waals surface area contributed by atoms with Gasteiger partial charge in [0.05, 0.1) is 0 Å². The Morgan fingerprint density at radius 1 is 1.28 bits per heavy atom. The Labute approximate surface area is 113 Å². The van der Waals surface area contributed by atoms with Crippen molar-refractivity contribution in [2.45, 2.75) is 6.42 Å². The van der Waals surface area contributed by atoms with Gasteiger partial charge in [-0.2, -0.15) is 0 Å². The monoisotopic (exact) mass is 257 g/mol. The zero-order valence-corrected chi connectivity index (χ0v) is 11.0. The molecule has 18 heavy (non-hydrogen) atoms. The average Bonchev–Trinajstić information content (AvgIpc) is 2.61. The van der Waals surface area contributed by atoms with Crippen LogP contribution in [0, 0.1) is 0 Å². The van der Waals surface area contributed by atoms with Crippen LogP contribution in [0.2, 0.25) is 0 Å². The molecule has 1 N–H and O–H groups in total. The Morgan fingerprint density at radius 3 is 2.94 bits per heavy atom. The average molecular weight is 258 g/mol. The van der Waals surface area contributed by atoms with Crippen LogP contribution in [0.1, 0.15) is 12.0 Å². The Balaban J connectivity index is 2.04. The summed E-state index contributed by atoms with van der Waals surface area (Å²) in [7, 11) is 0. The van der Waals surface area contributed by atoms with Crippen molar-refractivity contribution >= 4 is 23.4 Å².